The van der Waals surface area contributed by atoms with Gasteiger partial charge >= 0.3 is 0 Å². The summed E-state index contributed by atoms with van der Waals surface area (Å²) in [5, 5.41) is 9.37. The van der Waals surface area contributed by atoms with Gasteiger partial charge < -0.3 is 14.9 Å². The van der Waals surface area contributed by atoms with E-state index in [1.165, 1.54) is 0 Å². The van der Waals surface area contributed by atoms with Gasteiger partial charge in [-0.2, -0.15) is 0 Å². The van der Waals surface area contributed by atoms with Gasteiger partial charge in [-0.3, -0.25) is 0 Å². The van der Waals surface area contributed by atoms with Crippen LogP contribution >= 0.6 is 8.00 Å². The number of hydrogen-bond acceptors (Lipinski definition) is 2. The quantitative estimate of drug-likeness (QED) is 0.687. The standard InChI is InChI=1S/C10H13O3P/c1-6-4-7(2)9(8(3)5-6)10(11)14(12)13/h4-5,11H,1-3H3,(H,12,13)/p-1. The first-order valence-electron chi connectivity index (χ1n) is 4.22. The highest BCUT2D eigenvalue weighted by Gasteiger charge is 2.11. The third-order valence-corrected chi connectivity index (χ3v) is 2.64. The van der Waals surface area contributed by atoms with Crippen LogP contribution in [0.1, 0.15) is 22.3 Å². The molecule has 0 aromatic heterocycles. The van der Waals surface area contributed by atoms with Gasteiger partial charge in [0.05, 0.1) is 5.56 Å². The Balaban J connectivity index is 3.43. The molecule has 0 aliphatic carbocycles. The average molecular weight is 211 g/mol. The summed E-state index contributed by atoms with van der Waals surface area (Å²) in [5.41, 5.74) is 2.48. The van der Waals surface area contributed by atoms with Crippen LogP contribution in [0, 0.1) is 20.8 Å². The van der Waals surface area contributed by atoms with E-state index < -0.39 is 13.5 Å². The molecule has 4 heteroatoms. The summed E-state index contributed by atoms with van der Waals surface area (Å²) in [6.07, 6.45) is 0. The van der Waals surface area contributed by atoms with Gasteiger partial charge in [-0.25, -0.2) is 0 Å². The Morgan fingerprint density at radius 3 is 1.93 bits per heavy atom. The summed E-state index contributed by atoms with van der Waals surface area (Å²) >= 11 is 0. The molecule has 1 rings (SSSR count). The van der Waals surface area contributed by atoms with Crippen molar-refractivity contribution >= 4 is 13.5 Å². The molecule has 0 spiro atoms. The minimum absolute atomic E-state index is 0.423. The molecule has 0 saturated heterocycles. The van der Waals surface area contributed by atoms with Gasteiger partial charge in [0.15, 0.2) is 0 Å². The van der Waals surface area contributed by atoms with Crippen LogP contribution in [0.15, 0.2) is 12.1 Å². The molecule has 0 radical (unpaired) electrons. The van der Waals surface area contributed by atoms with Crippen LogP contribution in [0.25, 0.3) is 0 Å². The number of aryl methyl sites for hydroxylation is 3. The molecule has 14 heavy (non-hydrogen) atoms. The third-order valence-electron chi connectivity index (χ3n) is 2.07. The average Bonchev–Trinajstić information content (AvgIpc) is 2.01. The van der Waals surface area contributed by atoms with Crippen molar-refractivity contribution in [2.75, 3.05) is 0 Å². The number of hydrogen-bond donors (Lipinski definition) is 1. The zero-order valence-electron chi connectivity index (χ0n) is 8.37. The van der Waals surface area contributed by atoms with Crippen molar-refractivity contribution in [1.29, 1.82) is 0 Å². The van der Waals surface area contributed by atoms with Crippen molar-refractivity contribution in [3.8, 4) is 0 Å². The molecule has 1 aromatic rings. The van der Waals surface area contributed by atoms with Crippen molar-refractivity contribution in [3.05, 3.63) is 34.4 Å². The summed E-state index contributed by atoms with van der Waals surface area (Å²) < 4.78 is 0. The fourth-order valence-electron chi connectivity index (χ4n) is 1.62. The number of aliphatic hydroxyl groups excluding tert-OH is 1. The van der Waals surface area contributed by atoms with Crippen molar-refractivity contribution in [2.45, 2.75) is 20.8 Å². The van der Waals surface area contributed by atoms with E-state index in [0.29, 0.717) is 5.56 Å². The maximum Gasteiger partial charge on any atom is 0.246 e. The molecule has 1 aromatic carbocycles. The van der Waals surface area contributed by atoms with Crippen molar-refractivity contribution in [2.24, 2.45) is 0 Å². The molecule has 3 nitrogen and oxygen atoms in total. The maximum atomic E-state index is 10.6. The second-order valence-corrected chi connectivity index (χ2v) is 4.29. The zero-order chi connectivity index (χ0) is 10.9. The van der Waals surface area contributed by atoms with E-state index in [2.05, 4.69) is 0 Å². The van der Waals surface area contributed by atoms with Crippen LogP contribution in [0.4, 0.5) is 0 Å². The van der Waals surface area contributed by atoms with Gasteiger partial charge in [-0.05, 0) is 31.9 Å². The van der Waals surface area contributed by atoms with Crippen LogP contribution in [0.5, 0.6) is 0 Å². The Hall–Kier alpha value is -0.730. The largest absolute Gasteiger partial charge is 0.631 e. The third kappa shape index (κ3) is 2.20. The molecule has 0 bridgehead atoms. The topological polar surface area (TPSA) is 66.3 Å². The molecule has 76 valence electrons. The van der Waals surface area contributed by atoms with E-state index in [-0.39, 0.29) is 0 Å². The summed E-state index contributed by atoms with van der Waals surface area (Å²) in [6.45, 7) is 5.49. The van der Waals surface area contributed by atoms with Gasteiger partial charge in [0.25, 0.3) is 0 Å². The highest BCUT2D eigenvalue weighted by atomic mass is 31.1. The number of aliphatic hydroxyl groups is 1. The van der Waals surface area contributed by atoms with E-state index >= 15 is 0 Å². The highest BCUT2D eigenvalue weighted by Crippen LogP contribution is 2.19. The number of rotatable bonds is 1. The monoisotopic (exact) mass is 211 g/mol. The lowest BCUT2D eigenvalue weighted by molar-refractivity contribution is -0.282. The predicted octanol–water partition coefficient (Wildman–Crippen LogP) is 0.495. The highest BCUT2D eigenvalue weighted by molar-refractivity contribution is 7.44. The van der Waals surface area contributed by atoms with Gasteiger partial charge in [-0.1, -0.05) is 17.7 Å². The Morgan fingerprint density at radius 1 is 1.14 bits per heavy atom. The lowest BCUT2D eigenvalue weighted by Crippen LogP contribution is -2.14. The molecule has 0 aliphatic heterocycles. The molecule has 0 aliphatic rings. The summed E-state index contributed by atoms with van der Waals surface area (Å²) in [7, 11) is -2.91. The SMILES string of the molecule is Cc1cc(C)c(C(O)=[P+]([O-])[O-])c(C)c1. The molecular formula is C10H12O3P-. The van der Waals surface area contributed by atoms with E-state index in [0.717, 1.165) is 16.7 Å². The summed E-state index contributed by atoms with van der Waals surface area (Å²) in [4.78, 5) is 21.3. The van der Waals surface area contributed by atoms with E-state index in [4.69, 9.17) is 0 Å². The number of benzene rings is 1. The van der Waals surface area contributed by atoms with Crippen LogP contribution in [-0.2, 0) is 0 Å². The zero-order valence-corrected chi connectivity index (χ0v) is 9.26. The van der Waals surface area contributed by atoms with Crippen LogP contribution in [0.3, 0.4) is 0 Å². The Morgan fingerprint density at radius 2 is 1.57 bits per heavy atom. The first-order chi connectivity index (χ1) is 6.43. The fourth-order valence-corrected chi connectivity index (χ4v) is 2.16. The molecule has 1 N–H and O–H groups in total. The summed E-state index contributed by atoms with van der Waals surface area (Å²) in [5.74, 6) is 0. The van der Waals surface area contributed by atoms with Gasteiger partial charge in [-0.15, -0.1) is 0 Å². The van der Waals surface area contributed by atoms with Crippen molar-refractivity contribution in [1.82, 2.24) is 0 Å². The van der Waals surface area contributed by atoms with Crippen molar-refractivity contribution < 1.29 is 14.9 Å². The minimum atomic E-state index is -2.91. The Kier molecular flexibility index (Phi) is 3.40. The first-order valence-corrected chi connectivity index (χ1v) is 5.39. The van der Waals surface area contributed by atoms with Gasteiger partial charge in [0.1, 0.15) is 0 Å². The molecule has 0 unspecified atom stereocenters. The van der Waals surface area contributed by atoms with Gasteiger partial charge in [0.2, 0.25) is 5.48 Å². The maximum absolute atomic E-state index is 10.6. The normalized spacial score (nSPS) is 10.1. The Bertz CT molecular complexity index is 369. The van der Waals surface area contributed by atoms with Crippen LogP contribution in [0.2, 0.25) is 0 Å². The lowest BCUT2D eigenvalue weighted by Gasteiger charge is -2.10. The van der Waals surface area contributed by atoms with E-state index in [1.54, 1.807) is 13.8 Å². The van der Waals surface area contributed by atoms with Crippen LogP contribution < -0.4 is 9.79 Å². The smallest absolute Gasteiger partial charge is 0.246 e. The molecule has 0 saturated carbocycles. The van der Waals surface area contributed by atoms with E-state index in [1.807, 2.05) is 19.1 Å². The van der Waals surface area contributed by atoms with E-state index in [9.17, 15) is 14.9 Å². The molecule has 0 amide bonds. The Labute approximate surface area is 84.2 Å². The first kappa shape index (κ1) is 11.3. The predicted molar refractivity (Wildman–Crippen MR) is 53.6 cm³/mol. The lowest BCUT2D eigenvalue weighted by atomic mass is 10.0. The van der Waals surface area contributed by atoms with Gasteiger partial charge in [0, 0.05) is 8.00 Å². The molecule has 0 fully saturated rings. The fraction of sp³-hybridized carbons (Fsp3) is 0.300. The minimum Gasteiger partial charge on any atom is -0.631 e. The molecular weight excluding hydrogens is 199 g/mol. The second kappa shape index (κ2) is 4.20. The second-order valence-electron chi connectivity index (χ2n) is 3.35. The van der Waals surface area contributed by atoms with Crippen molar-refractivity contribution in [3.63, 3.8) is 0 Å². The molecule has 0 atom stereocenters. The molecule has 0 heterocycles. The van der Waals surface area contributed by atoms with Crippen LogP contribution in [-0.4, -0.2) is 10.6 Å². The summed E-state index contributed by atoms with van der Waals surface area (Å²) in [6, 6.07) is 3.69.